The summed E-state index contributed by atoms with van der Waals surface area (Å²) >= 11 is 0. The number of benzene rings is 1. The third-order valence-electron chi connectivity index (χ3n) is 3.56. The number of aromatic nitrogens is 2. The van der Waals surface area contributed by atoms with E-state index in [1.54, 1.807) is 12.5 Å². The number of hydrogen-bond acceptors (Lipinski definition) is 4. The van der Waals surface area contributed by atoms with Crippen LogP contribution in [0.25, 0.3) is 0 Å². The van der Waals surface area contributed by atoms with E-state index in [-0.39, 0.29) is 5.91 Å². The van der Waals surface area contributed by atoms with Gasteiger partial charge in [0.05, 0.1) is 12.3 Å². The molecule has 0 bridgehead atoms. The highest BCUT2D eigenvalue weighted by Crippen LogP contribution is 2.19. The van der Waals surface area contributed by atoms with E-state index in [9.17, 15) is 4.79 Å². The second kappa shape index (κ2) is 5.91. The molecule has 1 aromatic carbocycles. The van der Waals surface area contributed by atoms with Crippen LogP contribution in [-0.4, -0.2) is 33.9 Å². The monoisotopic (exact) mass is 283 g/mol. The van der Waals surface area contributed by atoms with Crippen LogP contribution in [0.1, 0.15) is 28.5 Å². The predicted molar refractivity (Wildman–Crippen MR) is 78.1 cm³/mol. The van der Waals surface area contributed by atoms with Crippen molar-refractivity contribution in [2.75, 3.05) is 13.2 Å². The molecule has 5 heteroatoms. The van der Waals surface area contributed by atoms with Crippen molar-refractivity contribution < 1.29 is 9.53 Å². The largest absolute Gasteiger partial charge is 0.494 e. The van der Waals surface area contributed by atoms with Crippen LogP contribution < -0.4 is 4.74 Å². The molecule has 0 saturated carbocycles. The van der Waals surface area contributed by atoms with Crippen molar-refractivity contribution in [3.05, 3.63) is 53.6 Å². The summed E-state index contributed by atoms with van der Waals surface area (Å²) in [5, 5.41) is 0. The summed E-state index contributed by atoms with van der Waals surface area (Å²) in [7, 11) is 0. The molecule has 1 aliphatic rings. The highest BCUT2D eigenvalue weighted by atomic mass is 16.5. The molecule has 0 unspecified atom stereocenters. The Bertz CT molecular complexity index is 640. The molecular formula is C16H17N3O2. The molecule has 5 nitrogen and oxygen atoms in total. The van der Waals surface area contributed by atoms with Crippen LogP contribution in [0.2, 0.25) is 0 Å². The quantitative estimate of drug-likeness (QED) is 0.865. The van der Waals surface area contributed by atoms with Crippen LogP contribution in [0.5, 0.6) is 5.75 Å². The molecular weight excluding hydrogens is 266 g/mol. The summed E-state index contributed by atoms with van der Waals surface area (Å²) in [6, 6.07) is 7.28. The van der Waals surface area contributed by atoms with Gasteiger partial charge in [-0.1, -0.05) is 0 Å². The van der Waals surface area contributed by atoms with Crippen LogP contribution in [0.3, 0.4) is 0 Å². The smallest absolute Gasteiger partial charge is 0.254 e. The highest BCUT2D eigenvalue weighted by molar-refractivity contribution is 5.94. The first-order chi connectivity index (χ1) is 10.3. The number of rotatable bonds is 3. The maximum Gasteiger partial charge on any atom is 0.254 e. The van der Waals surface area contributed by atoms with Gasteiger partial charge in [0.25, 0.3) is 5.91 Å². The van der Waals surface area contributed by atoms with Gasteiger partial charge in [0, 0.05) is 36.8 Å². The van der Waals surface area contributed by atoms with Crippen molar-refractivity contribution in [2.24, 2.45) is 0 Å². The molecule has 1 aromatic heterocycles. The lowest BCUT2D eigenvalue weighted by Gasteiger charge is -2.27. The third-order valence-corrected chi connectivity index (χ3v) is 3.56. The second-order valence-corrected chi connectivity index (χ2v) is 4.93. The number of carbonyl (C=O) groups is 1. The fourth-order valence-electron chi connectivity index (χ4n) is 2.48. The van der Waals surface area contributed by atoms with Crippen LogP contribution >= 0.6 is 0 Å². The normalized spacial score (nSPS) is 13.7. The number of nitrogens with zero attached hydrogens (tertiary/aromatic N) is 3. The third kappa shape index (κ3) is 2.86. The Labute approximate surface area is 123 Å². The van der Waals surface area contributed by atoms with E-state index in [4.69, 9.17) is 4.74 Å². The van der Waals surface area contributed by atoms with Gasteiger partial charge in [-0.2, -0.15) is 0 Å². The minimum Gasteiger partial charge on any atom is -0.494 e. The molecule has 0 fully saturated rings. The zero-order chi connectivity index (χ0) is 14.7. The molecule has 0 atom stereocenters. The molecule has 1 aliphatic heterocycles. The van der Waals surface area contributed by atoms with Crippen molar-refractivity contribution >= 4 is 5.91 Å². The topological polar surface area (TPSA) is 55.3 Å². The van der Waals surface area contributed by atoms with Gasteiger partial charge < -0.3 is 9.64 Å². The first kappa shape index (κ1) is 13.5. The SMILES string of the molecule is CCOc1ccc(C(=O)N2CCc3ncncc3C2)cc1. The minimum atomic E-state index is 0.0348. The van der Waals surface area contributed by atoms with Gasteiger partial charge in [0.1, 0.15) is 12.1 Å². The van der Waals surface area contributed by atoms with Gasteiger partial charge in [-0.05, 0) is 31.2 Å². The van der Waals surface area contributed by atoms with Gasteiger partial charge >= 0.3 is 0 Å². The Morgan fingerprint density at radius 3 is 2.90 bits per heavy atom. The molecule has 1 amide bonds. The molecule has 0 radical (unpaired) electrons. The molecule has 0 N–H and O–H groups in total. The zero-order valence-electron chi connectivity index (χ0n) is 12.0. The number of carbonyl (C=O) groups excluding carboxylic acids is 1. The van der Waals surface area contributed by atoms with Crippen molar-refractivity contribution in [3.8, 4) is 5.75 Å². The predicted octanol–water partition coefficient (Wildman–Crippen LogP) is 2.07. The summed E-state index contributed by atoms with van der Waals surface area (Å²) in [5.41, 5.74) is 2.75. The summed E-state index contributed by atoms with van der Waals surface area (Å²) in [5.74, 6) is 0.819. The molecule has 0 spiro atoms. The van der Waals surface area contributed by atoms with E-state index in [0.29, 0.717) is 25.3 Å². The lowest BCUT2D eigenvalue weighted by atomic mass is 10.1. The Morgan fingerprint density at radius 1 is 1.33 bits per heavy atom. The summed E-state index contributed by atoms with van der Waals surface area (Å²) < 4.78 is 5.39. The van der Waals surface area contributed by atoms with E-state index < -0.39 is 0 Å². The van der Waals surface area contributed by atoms with E-state index in [2.05, 4.69) is 9.97 Å². The molecule has 108 valence electrons. The fraction of sp³-hybridized carbons (Fsp3) is 0.312. The number of amides is 1. The summed E-state index contributed by atoms with van der Waals surface area (Å²) in [6.45, 7) is 3.82. The van der Waals surface area contributed by atoms with E-state index in [1.807, 2.05) is 36.1 Å². The molecule has 0 saturated heterocycles. The fourth-order valence-corrected chi connectivity index (χ4v) is 2.48. The number of hydrogen-bond donors (Lipinski definition) is 0. The average molecular weight is 283 g/mol. The summed E-state index contributed by atoms with van der Waals surface area (Å²) in [4.78, 5) is 22.6. The van der Waals surface area contributed by atoms with Crippen molar-refractivity contribution in [1.29, 1.82) is 0 Å². The molecule has 2 heterocycles. The Kier molecular flexibility index (Phi) is 3.81. The minimum absolute atomic E-state index is 0.0348. The first-order valence-corrected chi connectivity index (χ1v) is 7.08. The van der Waals surface area contributed by atoms with Crippen molar-refractivity contribution in [2.45, 2.75) is 19.9 Å². The molecule has 3 rings (SSSR count). The molecule has 21 heavy (non-hydrogen) atoms. The first-order valence-electron chi connectivity index (χ1n) is 7.08. The van der Waals surface area contributed by atoms with Crippen molar-refractivity contribution in [1.82, 2.24) is 14.9 Å². The van der Waals surface area contributed by atoms with E-state index in [0.717, 1.165) is 23.4 Å². The maximum absolute atomic E-state index is 12.5. The van der Waals surface area contributed by atoms with Crippen LogP contribution in [0, 0.1) is 0 Å². The molecule has 2 aromatic rings. The standard InChI is InChI=1S/C16H17N3O2/c1-2-21-14-5-3-12(4-6-14)16(20)19-8-7-15-13(10-19)9-17-11-18-15/h3-6,9,11H,2,7-8,10H2,1H3. The van der Waals surface area contributed by atoms with Crippen LogP contribution in [0.4, 0.5) is 0 Å². The zero-order valence-corrected chi connectivity index (χ0v) is 12.0. The van der Waals surface area contributed by atoms with Gasteiger partial charge in [-0.25, -0.2) is 9.97 Å². The van der Waals surface area contributed by atoms with Gasteiger partial charge in [-0.15, -0.1) is 0 Å². The van der Waals surface area contributed by atoms with E-state index >= 15 is 0 Å². The number of fused-ring (bicyclic) bond motifs is 1. The Morgan fingerprint density at radius 2 is 2.14 bits per heavy atom. The maximum atomic E-state index is 12.5. The average Bonchev–Trinajstić information content (AvgIpc) is 2.55. The van der Waals surface area contributed by atoms with Crippen molar-refractivity contribution in [3.63, 3.8) is 0 Å². The van der Waals surface area contributed by atoms with Crippen LogP contribution in [-0.2, 0) is 13.0 Å². The lowest BCUT2D eigenvalue weighted by molar-refractivity contribution is 0.0733. The highest BCUT2D eigenvalue weighted by Gasteiger charge is 2.22. The number of ether oxygens (including phenoxy) is 1. The van der Waals surface area contributed by atoms with Gasteiger partial charge in [0.2, 0.25) is 0 Å². The Hall–Kier alpha value is -2.43. The molecule has 0 aliphatic carbocycles. The van der Waals surface area contributed by atoms with Gasteiger partial charge in [0.15, 0.2) is 0 Å². The van der Waals surface area contributed by atoms with Gasteiger partial charge in [-0.3, -0.25) is 4.79 Å². The second-order valence-electron chi connectivity index (χ2n) is 4.93. The lowest BCUT2D eigenvalue weighted by Crippen LogP contribution is -2.36. The van der Waals surface area contributed by atoms with E-state index in [1.165, 1.54) is 0 Å². The Balaban J connectivity index is 1.74. The van der Waals surface area contributed by atoms with Crippen LogP contribution in [0.15, 0.2) is 36.8 Å². The summed E-state index contributed by atoms with van der Waals surface area (Å²) in [6.07, 6.45) is 4.13.